The third-order valence-corrected chi connectivity index (χ3v) is 3.52. The van der Waals surface area contributed by atoms with Crippen LogP contribution in [0.5, 0.6) is 11.5 Å². The molecule has 0 saturated carbocycles. The van der Waals surface area contributed by atoms with Gasteiger partial charge in [-0.05, 0) is 47.4 Å². The molecule has 100 valence electrons. The molecule has 0 unspecified atom stereocenters. The normalized spacial score (nSPS) is 12.2. The van der Waals surface area contributed by atoms with E-state index in [1.807, 2.05) is 36.4 Å². The average molecular weight is 285 g/mol. The van der Waals surface area contributed by atoms with E-state index in [9.17, 15) is 0 Å². The lowest BCUT2D eigenvalue weighted by molar-refractivity contribution is 0.174. The van der Waals surface area contributed by atoms with Crippen LogP contribution in [0.4, 0.5) is 0 Å². The Morgan fingerprint density at radius 3 is 2.80 bits per heavy atom. The second kappa shape index (κ2) is 5.48. The van der Waals surface area contributed by atoms with E-state index in [0.29, 0.717) is 6.42 Å². The average Bonchev–Trinajstić information content (AvgIpc) is 2.92. The van der Waals surface area contributed by atoms with Gasteiger partial charge in [0.2, 0.25) is 6.79 Å². The maximum atomic E-state index is 6.08. The molecule has 0 fully saturated rings. The van der Waals surface area contributed by atoms with E-state index < -0.39 is 0 Å². The van der Waals surface area contributed by atoms with E-state index in [2.05, 4.69) is 5.92 Å². The summed E-state index contributed by atoms with van der Waals surface area (Å²) >= 11 is 6.08. The summed E-state index contributed by atoms with van der Waals surface area (Å²) in [7, 11) is 0. The topological polar surface area (TPSA) is 18.5 Å². The molecule has 0 radical (unpaired) electrons. The summed E-state index contributed by atoms with van der Waals surface area (Å²) in [6.45, 7) is 0.281. The van der Waals surface area contributed by atoms with Crippen molar-refractivity contribution in [3.05, 3.63) is 47.0 Å². The van der Waals surface area contributed by atoms with Crippen LogP contribution in [0.2, 0.25) is 5.02 Å². The molecule has 1 aliphatic rings. The summed E-state index contributed by atoms with van der Waals surface area (Å²) in [4.78, 5) is 0. The van der Waals surface area contributed by atoms with Crippen molar-refractivity contribution >= 4 is 11.6 Å². The Balaban J connectivity index is 2.03. The molecule has 2 nitrogen and oxygen atoms in total. The zero-order valence-corrected chi connectivity index (χ0v) is 11.6. The van der Waals surface area contributed by atoms with Gasteiger partial charge < -0.3 is 9.47 Å². The van der Waals surface area contributed by atoms with Crippen molar-refractivity contribution in [2.75, 3.05) is 6.79 Å². The van der Waals surface area contributed by atoms with Gasteiger partial charge in [-0.1, -0.05) is 23.7 Å². The number of benzene rings is 2. The molecule has 0 amide bonds. The van der Waals surface area contributed by atoms with Gasteiger partial charge in [0.1, 0.15) is 0 Å². The highest BCUT2D eigenvalue weighted by molar-refractivity contribution is 6.30. The first-order valence-electron chi connectivity index (χ1n) is 6.40. The molecule has 2 aromatic carbocycles. The molecule has 0 bridgehead atoms. The zero-order chi connectivity index (χ0) is 13.9. The summed E-state index contributed by atoms with van der Waals surface area (Å²) in [5.74, 6) is 4.23. The summed E-state index contributed by atoms with van der Waals surface area (Å²) in [6, 6.07) is 11.8. The summed E-state index contributed by atoms with van der Waals surface area (Å²) in [5.41, 5.74) is 3.36. The third-order valence-electron chi connectivity index (χ3n) is 3.29. The minimum absolute atomic E-state index is 0.281. The van der Waals surface area contributed by atoms with Crippen molar-refractivity contribution in [1.82, 2.24) is 0 Å². The summed E-state index contributed by atoms with van der Waals surface area (Å²) < 4.78 is 10.8. The Kier molecular flexibility index (Phi) is 3.54. The molecule has 0 aromatic heterocycles. The van der Waals surface area contributed by atoms with Crippen molar-refractivity contribution < 1.29 is 9.47 Å². The van der Waals surface area contributed by atoms with E-state index >= 15 is 0 Å². The molecular weight excluding hydrogens is 272 g/mol. The molecular formula is C17H13ClO2. The van der Waals surface area contributed by atoms with Crippen LogP contribution in [-0.4, -0.2) is 6.79 Å². The SMILES string of the molecule is C#CCCc1cc(Cl)ccc1-c1ccc2c(c1)OCO2. The number of hydrogen-bond donors (Lipinski definition) is 0. The standard InChI is InChI=1S/C17H13ClO2/c1-2-3-4-12-9-14(18)6-7-15(12)13-5-8-16-17(10-13)20-11-19-16/h1,5-10H,3-4,11H2. The molecule has 0 aliphatic carbocycles. The lowest BCUT2D eigenvalue weighted by atomic mass is 9.96. The van der Waals surface area contributed by atoms with E-state index in [0.717, 1.165) is 39.6 Å². The van der Waals surface area contributed by atoms with Gasteiger partial charge in [0.25, 0.3) is 0 Å². The molecule has 2 aromatic rings. The Labute approximate surface area is 123 Å². The highest BCUT2D eigenvalue weighted by atomic mass is 35.5. The monoisotopic (exact) mass is 284 g/mol. The predicted octanol–water partition coefficient (Wildman–Crippen LogP) is 4.30. The largest absolute Gasteiger partial charge is 0.454 e. The van der Waals surface area contributed by atoms with Crippen LogP contribution < -0.4 is 9.47 Å². The van der Waals surface area contributed by atoms with Gasteiger partial charge in [-0.15, -0.1) is 12.3 Å². The molecule has 0 atom stereocenters. The van der Waals surface area contributed by atoms with Crippen LogP contribution in [0.25, 0.3) is 11.1 Å². The first-order chi connectivity index (χ1) is 9.78. The van der Waals surface area contributed by atoms with Crippen LogP contribution in [0.1, 0.15) is 12.0 Å². The molecule has 3 heteroatoms. The fourth-order valence-corrected chi connectivity index (χ4v) is 2.52. The lowest BCUT2D eigenvalue weighted by Crippen LogP contribution is -1.93. The van der Waals surface area contributed by atoms with Crippen molar-refractivity contribution in [3.63, 3.8) is 0 Å². The van der Waals surface area contributed by atoms with Crippen molar-refractivity contribution in [2.24, 2.45) is 0 Å². The fraction of sp³-hybridized carbons (Fsp3) is 0.176. The highest BCUT2D eigenvalue weighted by Gasteiger charge is 2.15. The lowest BCUT2D eigenvalue weighted by Gasteiger charge is -2.10. The van der Waals surface area contributed by atoms with Gasteiger partial charge in [0.05, 0.1) is 0 Å². The number of rotatable bonds is 3. The van der Waals surface area contributed by atoms with Gasteiger partial charge in [-0.3, -0.25) is 0 Å². The summed E-state index contributed by atoms with van der Waals surface area (Å²) in [6.07, 6.45) is 6.86. The predicted molar refractivity (Wildman–Crippen MR) is 80.2 cm³/mol. The van der Waals surface area contributed by atoms with Crippen LogP contribution >= 0.6 is 11.6 Å². The number of terminal acetylenes is 1. The van der Waals surface area contributed by atoms with Crippen molar-refractivity contribution in [3.8, 4) is 35.0 Å². The fourth-order valence-electron chi connectivity index (χ4n) is 2.32. The number of ether oxygens (including phenoxy) is 2. The van der Waals surface area contributed by atoms with Crippen LogP contribution in [0, 0.1) is 12.3 Å². The molecule has 20 heavy (non-hydrogen) atoms. The number of aryl methyl sites for hydroxylation is 1. The summed E-state index contributed by atoms with van der Waals surface area (Å²) in [5, 5.41) is 0.724. The van der Waals surface area contributed by atoms with Gasteiger partial charge in [-0.2, -0.15) is 0 Å². The van der Waals surface area contributed by atoms with E-state index in [1.54, 1.807) is 0 Å². The maximum Gasteiger partial charge on any atom is 0.231 e. The van der Waals surface area contributed by atoms with Gasteiger partial charge in [0, 0.05) is 11.4 Å². The Hall–Kier alpha value is -2.11. The van der Waals surface area contributed by atoms with E-state index in [1.165, 1.54) is 0 Å². The molecule has 0 N–H and O–H groups in total. The minimum Gasteiger partial charge on any atom is -0.454 e. The third kappa shape index (κ3) is 2.45. The Bertz CT molecular complexity index is 686. The smallest absolute Gasteiger partial charge is 0.231 e. The van der Waals surface area contributed by atoms with E-state index in [4.69, 9.17) is 27.5 Å². The molecule has 3 rings (SSSR count). The minimum atomic E-state index is 0.281. The van der Waals surface area contributed by atoms with Gasteiger partial charge in [-0.25, -0.2) is 0 Å². The van der Waals surface area contributed by atoms with Crippen LogP contribution in [-0.2, 0) is 6.42 Å². The van der Waals surface area contributed by atoms with Gasteiger partial charge in [0.15, 0.2) is 11.5 Å². The quantitative estimate of drug-likeness (QED) is 0.782. The Morgan fingerprint density at radius 2 is 1.95 bits per heavy atom. The Morgan fingerprint density at radius 1 is 1.10 bits per heavy atom. The number of fused-ring (bicyclic) bond motifs is 1. The molecule has 0 spiro atoms. The molecule has 1 aliphatic heterocycles. The highest BCUT2D eigenvalue weighted by Crippen LogP contribution is 2.37. The van der Waals surface area contributed by atoms with Crippen molar-refractivity contribution in [2.45, 2.75) is 12.8 Å². The van der Waals surface area contributed by atoms with Crippen LogP contribution in [0.3, 0.4) is 0 Å². The second-order valence-corrected chi connectivity index (χ2v) is 5.01. The number of halogens is 1. The maximum absolute atomic E-state index is 6.08. The molecule has 1 heterocycles. The first-order valence-corrected chi connectivity index (χ1v) is 6.77. The molecule has 0 saturated heterocycles. The second-order valence-electron chi connectivity index (χ2n) is 4.57. The van der Waals surface area contributed by atoms with Crippen molar-refractivity contribution in [1.29, 1.82) is 0 Å². The number of hydrogen-bond acceptors (Lipinski definition) is 2. The first kappa shape index (κ1) is 12.9. The zero-order valence-electron chi connectivity index (χ0n) is 10.9. The van der Waals surface area contributed by atoms with E-state index in [-0.39, 0.29) is 6.79 Å². The van der Waals surface area contributed by atoms with Gasteiger partial charge >= 0.3 is 0 Å². The van der Waals surface area contributed by atoms with Crippen LogP contribution in [0.15, 0.2) is 36.4 Å².